The molecule has 1 rings (SSSR count). The lowest BCUT2D eigenvalue weighted by atomic mass is 9.90. The van der Waals surface area contributed by atoms with Crippen molar-refractivity contribution in [3.8, 4) is 0 Å². The summed E-state index contributed by atoms with van der Waals surface area (Å²) in [5, 5.41) is 9.14. The number of Topliss-reactive ketones (excluding diaryl/α,β-unsaturated/α-hetero) is 1. The number of hydrogen-bond donors (Lipinski definition) is 1. The molecule has 1 aliphatic heterocycles. The van der Waals surface area contributed by atoms with Gasteiger partial charge in [-0.15, -0.1) is 0 Å². The van der Waals surface area contributed by atoms with Gasteiger partial charge in [0.15, 0.2) is 0 Å². The molecule has 0 bridgehead atoms. The highest BCUT2D eigenvalue weighted by Crippen LogP contribution is 2.33. The van der Waals surface area contributed by atoms with Gasteiger partial charge in [0.2, 0.25) is 0 Å². The fourth-order valence-electron chi connectivity index (χ4n) is 1.88. The molecule has 3 unspecified atom stereocenters. The quantitative estimate of drug-likeness (QED) is 0.446. The van der Waals surface area contributed by atoms with E-state index in [1.165, 1.54) is 6.92 Å². The van der Waals surface area contributed by atoms with Crippen molar-refractivity contribution in [2.75, 3.05) is 0 Å². The van der Waals surface area contributed by atoms with Crippen LogP contribution in [-0.2, 0) is 14.3 Å². The zero-order chi connectivity index (χ0) is 13.1. The molecule has 0 aromatic heterocycles. The Balaban J connectivity index is 2.73. The van der Waals surface area contributed by atoms with Gasteiger partial charge in [-0.25, -0.2) is 0 Å². The molecule has 0 saturated carbocycles. The Morgan fingerprint density at radius 2 is 2.41 bits per heavy atom. The molecule has 94 valence electrons. The highest BCUT2D eigenvalue weighted by atomic mass is 16.6. The van der Waals surface area contributed by atoms with Crippen LogP contribution in [-0.4, -0.2) is 28.6 Å². The fraction of sp³-hybridized carbons (Fsp3) is 0.538. The SMILES string of the molecule is C=CC=CC1(C)CC(C(=O)CC(C)O)C(=O)O1. The third-order valence-corrected chi connectivity index (χ3v) is 2.70. The Hall–Kier alpha value is -1.42. The van der Waals surface area contributed by atoms with E-state index in [2.05, 4.69) is 6.58 Å². The van der Waals surface area contributed by atoms with Crippen molar-refractivity contribution in [2.24, 2.45) is 5.92 Å². The van der Waals surface area contributed by atoms with Crippen LogP contribution in [0.2, 0.25) is 0 Å². The van der Waals surface area contributed by atoms with Gasteiger partial charge in [0, 0.05) is 12.8 Å². The predicted molar refractivity (Wildman–Crippen MR) is 63.2 cm³/mol. The van der Waals surface area contributed by atoms with Crippen molar-refractivity contribution >= 4 is 11.8 Å². The number of ether oxygens (including phenoxy) is 1. The largest absolute Gasteiger partial charge is 0.455 e. The Kier molecular flexibility index (Phi) is 4.23. The molecular formula is C13H18O4. The lowest BCUT2D eigenvalue weighted by Gasteiger charge is -2.16. The minimum absolute atomic E-state index is 0.0129. The smallest absolute Gasteiger partial charge is 0.317 e. The van der Waals surface area contributed by atoms with Gasteiger partial charge in [0.05, 0.1) is 6.10 Å². The van der Waals surface area contributed by atoms with E-state index in [9.17, 15) is 9.59 Å². The summed E-state index contributed by atoms with van der Waals surface area (Å²) in [7, 11) is 0. The molecule has 0 aromatic rings. The number of carbonyl (C=O) groups excluding carboxylic acids is 2. The molecule has 4 heteroatoms. The van der Waals surface area contributed by atoms with Gasteiger partial charge in [-0.05, 0) is 19.9 Å². The molecular weight excluding hydrogens is 220 g/mol. The highest BCUT2D eigenvalue weighted by Gasteiger charge is 2.45. The summed E-state index contributed by atoms with van der Waals surface area (Å²) in [4.78, 5) is 23.3. The number of hydrogen-bond acceptors (Lipinski definition) is 4. The number of allylic oxidation sites excluding steroid dienone is 2. The fourth-order valence-corrected chi connectivity index (χ4v) is 1.88. The monoisotopic (exact) mass is 238 g/mol. The maximum atomic E-state index is 11.7. The number of carbonyl (C=O) groups is 2. The van der Waals surface area contributed by atoms with E-state index in [0.29, 0.717) is 6.42 Å². The number of aliphatic hydroxyl groups is 1. The van der Waals surface area contributed by atoms with E-state index < -0.39 is 23.6 Å². The molecule has 0 spiro atoms. The van der Waals surface area contributed by atoms with Gasteiger partial charge >= 0.3 is 5.97 Å². The number of aliphatic hydroxyl groups excluding tert-OH is 1. The molecule has 1 fully saturated rings. The second-order valence-electron chi connectivity index (χ2n) is 4.60. The highest BCUT2D eigenvalue weighted by molar-refractivity contribution is 6.00. The standard InChI is InChI=1S/C13H18O4/c1-4-5-6-13(3)8-10(12(16)17-13)11(15)7-9(2)14/h4-6,9-10,14H,1,7-8H2,2-3H3. The molecule has 17 heavy (non-hydrogen) atoms. The van der Waals surface area contributed by atoms with E-state index >= 15 is 0 Å². The maximum Gasteiger partial charge on any atom is 0.317 e. The predicted octanol–water partition coefficient (Wildman–Crippen LogP) is 1.39. The van der Waals surface area contributed by atoms with E-state index in [4.69, 9.17) is 9.84 Å². The first-order valence-electron chi connectivity index (χ1n) is 5.62. The third kappa shape index (κ3) is 3.53. The van der Waals surface area contributed by atoms with E-state index in [1.54, 1.807) is 25.2 Å². The van der Waals surface area contributed by atoms with Crippen molar-refractivity contribution < 1.29 is 19.4 Å². The summed E-state index contributed by atoms with van der Waals surface area (Å²) in [5.74, 6) is -1.53. The topological polar surface area (TPSA) is 63.6 Å². The Bertz CT molecular complexity index is 356. The average molecular weight is 238 g/mol. The van der Waals surface area contributed by atoms with Gasteiger partial charge in [0.1, 0.15) is 17.3 Å². The van der Waals surface area contributed by atoms with Crippen LogP contribution in [0.5, 0.6) is 0 Å². The summed E-state index contributed by atoms with van der Waals surface area (Å²) in [6.45, 7) is 6.81. The van der Waals surface area contributed by atoms with Gasteiger partial charge < -0.3 is 9.84 Å². The molecule has 1 aliphatic rings. The Morgan fingerprint density at radius 3 is 2.94 bits per heavy atom. The number of esters is 1. The van der Waals surface area contributed by atoms with Crippen LogP contribution in [0.1, 0.15) is 26.7 Å². The zero-order valence-electron chi connectivity index (χ0n) is 10.2. The van der Waals surface area contributed by atoms with Crippen LogP contribution < -0.4 is 0 Å². The normalized spacial score (nSPS) is 30.3. The zero-order valence-corrected chi connectivity index (χ0v) is 10.2. The van der Waals surface area contributed by atoms with Gasteiger partial charge in [-0.2, -0.15) is 0 Å². The van der Waals surface area contributed by atoms with Crippen LogP contribution >= 0.6 is 0 Å². The molecule has 1 N–H and O–H groups in total. The summed E-state index contributed by atoms with van der Waals surface area (Å²) in [6, 6.07) is 0. The molecule has 0 radical (unpaired) electrons. The second-order valence-corrected chi connectivity index (χ2v) is 4.60. The van der Waals surface area contributed by atoms with Crippen LogP contribution in [0.3, 0.4) is 0 Å². The van der Waals surface area contributed by atoms with Crippen LogP contribution in [0, 0.1) is 5.92 Å². The number of ketones is 1. The molecule has 3 atom stereocenters. The van der Waals surface area contributed by atoms with Crippen LogP contribution in [0.15, 0.2) is 24.8 Å². The minimum Gasteiger partial charge on any atom is -0.455 e. The van der Waals surface area contributed by atoms with E-state index in [0.717, 1.165) is 0 Å². The Morgan fingerprint density at radius 1 is 1.76 bits per heavy atom. The van der Waals surface area contributed by atoms with E-state index in [-0.39, 0.29) is 12.2 Å². The summed E-state index contributed by atoms with van der Waals surface area (Å²) in [6.07, 6.45) is 4.57. The number of cyclic esters (lactones) is 1. The first-order valence-corrected chi connectivity index (χ1v) is 5.62. The van der Waals surface area contributed by atoms with Crippen molar-refractivity contribution in [1.29, 1.82) is 0 Å². The maximum absolute atomic E-state index is 11.7. The van der Waals surface area contributed by atoms with Crippen LogP contribution in [0.25, 0.3) is 0 Å². The van der Waals surface area contributed by atoms with E-state index in [1.807, 2.05) is 0 Å². The summed E-state index contributed by atoms with van der Waals surface area (Å²) >= 11 is 0. The number of rotatable bonds is 5. The van der Waals surface area contributed by atoms with Gasteiger partial charge in [-0.3, -0.25) is 9.59 Å². The lowest BCUT2D eigenvalue weighted by Crippen LogP contribution is -2.23. The van der Waals surface area contributed by atoms with Crippen molar-refractivity contribution in [2.45, 2.75) is 38.4 Å². The second kappa shape index (κ2) is 5.27. The molecule has 1 heterocycles. The summed E-state index contributed by atoms with van der Waals surface area (Å²) in [5.41, 5.74) is -0.746. The molecule has 0 aliphatic carbocycles. The van der Waals surface area contributed by atoms with Gasteiger partial charge in [0.25, 0.3) is 0 Å². The third-order valence-electron chi connectivity index (χ3n) is 2.70. The first-order chi connectivity index (χ1) is 7.88. The van der Waals surface area contributed by atoms with Crippen molar-refractivity contribution in [3.63, 3.8) is 0 Å². The van der Waals surface area contributed by atoms with Crippen molar-refractivity contribution in [3.05, 3.63) is 24.8 Å². The van der Waals surface area contributed by atoms with Crippen molar-refractivity contribution in [1.82, 2.24) is 0 Å². The molecule has 0 aromatic carbocycles. The average Bonchev–Trinajstić information content (AvgIpc) is 2.51. The van der Waals surface area contributed by atoms with Gasteiger partial charge in [-0.1, -0.05) is 18.7 Å². The first kappa shape index (κ1) is 13.6. The van der Waals surface area contributed by atoms with Crippen LogP contribution in [0.4, 0.5) is 0 Å². The molecule has 1 saturated heterocycles. The molecule has 0 amide bonds. The minimum atomic E-state index is -0.760. The molecule has 4 nitrogen and oxygen atoms in total. The lowest BCUT2D eigenvalue weighted by molar-refractivity contribution is -0.149. The Labute approximate surface area is 101 Å². The summed E-state index contributed by atoms with van der Waals surface area (Å²) < 4.78 is 5.19.